The van der Waals surface area contributed by atoms with Crippen molar-refractivity contribution in [2.75, 3.05) is 5.83 Å². The molecule has 0 bridgehead atoms. The van der Waals surface area contributed by atoms with E-state index in [9.17, 15) is 0 Å². The van der Waals surface area contributed by atoms with Gasteiger partial charge in [0.1, 0.15) is 0 Å². The van der Waals surface area contributed by atoms with Crippen LogP contribution in [0.5, 0.6) is 0 Å². The van der Waals surface area contributed by atoms with Crippen LogP contribution < -0.4 is 0 Å². The van der Waals surface area contributed by atoms with Crippen LogP contribution in [0.15, 0.2) is 134 Å². The summed E-state index contributed by atoms with van der Waals surface area (Å²) in [5.74, 6) is 1.81. The number of hydrogen-bond acceptors (Lipinski definition) is 0. The smallest absolute Gasteiger partial charge is 0.0528 e. The Morgan fingerprint density at radius 1 is 0.556 bits per heavy atom. The van der Waals surface area contributed by atoms with Crippen molar-refractivity contribution in [2.45, 2.75) is 34.1 Å². The molecule has 36 heavy (non-hydrogen) atoms. The number of hydrogen-bond donors (Lipinski definition) is 0. The van der Waals surface area contributed by atoms with E-state index in [1.165, 1.54) is 27.7 Å². The van der Waals surface area contributed by atoms with Crippen molar-refractivity contribution in [3.8, 4) is 5.69 Å². The normalized spacial score (nSPS) is 9.72. The summed E-state index contributed by atoms with van der Waals surface area (Å²) in [6.07, 6.45) is 7.61. The summed E-state index contributed by atoms with van der Waals surface area (Å²) in [5.41, 5.74) is 5.30. The zero-order chi connectivity index (χ0) is 26.4. The summed E-state index contributed by atoms with van der Waals surface area (Å²) in [6, 6.07) is 41.4. The Morgan fingerprint density at radius 2 is 1.06 bits per heavy atom. The fourth-order valence-electron chi connectivity index (χ4n) is 3.48. The van der Waals surface area contributed by atoms with E-state index in [-0.39, 0.29) is 0 Å². The highest BCUT2D eigenvalue weighted by Gasteiger charge is 2.01. The van der Waals surface area contributed by atoms with Gasteiger partial charge in [-0.1, -0.05) is 153 Å². The van der Waals surface area contributed by atoms with E-state index >= 15 is 0 Å². The lowest BCUT2D eigenvalue weighted by Crippen LogP contribution is -1.89. The molecular weight excluding hydrogens is 502 g/mol. The van der Waals surface area contributed by atoms with Crippen LogP contribution in [-0.2, 0) is 6.42 Å². The number of halogens is 1. The number of alkyl halides is 1. The standard InChI is InChI=1S/C14H11N.C9H8.C6H6.2C2H6.CH3Br/c1-2-7-13(8-3-1)15-11-10-12-6-4-5-9-14(12)15;1-2-5-9-7-3-6-8(9)4-1;1-2-4-6-5-3-1;3*1-2/h1-11H;1-6H,7H2;1-6H;2*1-2H3;1H3. The SMILES string of the molecule is C1=Cc2ccccc2C1.CBr.CC.CC.c1ccc(-n2ccc3ccccc32)cc1.c1ccccc1. The van der Waals surface area contributed by atoms with Crippen molar-refractivity contribution in [2.24, 2.45) is 0 Å². The molecule has 0 atom stereocenters. The van der Waals surface area contributed by atoms with Crippen molar-refractivity contribution in [3.63, 3.8) is 0 Å². The monoisotopic (exact) mass is 541 g/mol. The van der Waals surface area contributed by atoms with Crippen LogP contribution in [0.2, 0.25) is 0 Å². The molecule has 1 aromatic heterocycles. The van der Waals surface area contributed by atoms with Crippen LogP contribution >= 0.6 is 15.9 Å². The minimum Gasteiger partial charge on any atom is -0.317 e. The van der Waals surface area contributed by atoms with E-state index < -0.39 is 0 Å². The largest absolute Gasteiger partial charge is 0.317 e. The van der Waals surface area contributed by atoms with Crippen molar-refractivity contribution < 1.29 is 0 Å². The maximum Gasteiger partial charge on any atom is 0.0528 e. The molecule has 0 aliphatic heterocycles. The first kappa shape index (κ1) is 30.7. The Hall–Kier alpha value is -3.36. The second-order valence-electron chi connectivity index (χ2n) is 7.04. The Kier molecular flexibility index (Phi) is 16.9. The van der Waals surface area contributed by atoms with Crippen LogP contribution in [-0.4, -0.2) is 10.4 Å². The molecule has 0 radical (unpaired) electrons. The van der Waals surface area contributed by atoms with Crippen molar-refractivity contribution in [3.05, 3.63) is 145 Å². The average Bonchev–Trinajstić information content (AvgIpc) is 3.66. The summed E-state index contributed by atoms with van der Waals surface area (Å²) < 4.78 is 2.20. The molecule has 1 aliphatic rings. The molecule has 5 aromatic rings. The van der Waals surface area contributed by atoms with Gasteiger partial charge >= 0.3 is 0 Å². The van der Waals surface area contributed by atoms with Crippen LogP contribution in [0.3, 0.4) is 0 Å². The third kappa shape index (κ3) is 10.1. The van der Waals surface area contributed by atoms with Gasteiger partial charge in [-0.05, 0) is 53.0 Å². The van der Waals surface area contributed by atoms with Crippen LogP contribution in [0.25, 0.3) is 22.7 Å². The van der Waals surface area contributed by atoms with Gasteiger partial charge in [-0.2, -0.15) is 0 Å². The Labute approximate surface area is 227 Å². The summed E-state index contributed by atoms with van der Waals surface area (Å²) in [7, 11) is 0. The molecule has 2 heteroatoms. The van der Waals surface area contributed by atoms with E-state index in [0.29, 0.717) is 0 Å². The number of aromatic nitrogens is 1. The molecule has 0 saturated heterocycles. The summed E-state index contributed by atoms with van der Waals surface area (Å²) in [5, 5.41) is 1.28. The van der Waals surface area contributed by atoms with Gasteiger partial charge in [0.15, 0.2) is 0 Å². The predicted molar refractivity (Wildman–Crippen MR) is 166 cm³/mol. The molecule has 0 unspecified atom stereocenters. The topological polar surface area (TPSA) is 4.93 Å². The fourth-order valence-corrected chi connectivity index (χ4v) is 3.48. The van der Waals surface area contributed by atoms with Gasteiger partial charge in [-0.25, -0.2) is 0 Å². The van der Waals surface area contributed by atoms with E-state index in [4.69, 9.17) is 0 Å². The lowest BCUT2D eigenvalue weighted by Gasteiger charge is -2.04. The van der Waals surface area contributed by atoms with Gasteiger partial charge in [-0.15, -0.1) is 0 Å². The van der Waals surface area contributed by atoms with Gasteiger partial charge in [0.05, 0.1) is 5.52 Å². The van der Waals surface area contributed by atoms with E-state index in [1.807, 2.05) is 76.0 Å². The fraction of sp³-hybridized carbons (Fsp3) is 0.176. The average molecular weight is 543 g/mol. The van der Waals surface area contributed by atoms with E-state index in [2.05, 4.69) is 118 Å². The third-order valence-electron chi connectivity index (χ3n) is 4.99. The first-order chi connectivity index (χ1) is 17.9. The molecule has 6 rings (SSSR count). The molecule has 188 valence electrons. The second-order valence-corrected chi connectivity index (χ2v) is 7.04. The quantitative estimate of drug-likeness (QED) is 0.186. The second kappa shape index (κ2) is 19.9. The third-order valence-corrected chi connectivity index (χ3v) is 4.99. The molecule has 4 aromatic carbocycles. The van der Waals surface area contributed by atoms with E-state index in [0.717, 1.165) is 6.42 Å². The Balaban J connectivity index is 0.000000264. The highest BCUT2D eigenvalue weighted by Crippen LogP contribution is 2.19. The molecule has 0 amide bonds. The number of para-hydroxylation sites is 2. The maximum atomic E-state index is 2.94. The molecule has 1 aliphatic carbocycles. The number of allylic oxidation sites excluding steroid dienone is 1. The van der Waals surface area contributed by atoms with Crippen LogP contribution in [0.4, 0.5) is 0 Å². The van der Waals surface area contributed by atoms with E-state index in [1.54, 1.807) is 0 Å². The minimum atomic E-state index is 1.12. The van der Waals surface area contributed by atoms with Crippen molar-refractivity contribution in [1.29, 1.82) is 0 Å². The molecule has 0 fully saturated rings. The summed E-state index contributed by atoms with van der Waals surface area (Å²) in [6.45, 7) is 8.00. The molecule has 0 spiro atoms. The van der Waals surface area contributed by atoms with Crippen molar-refractivity contribution >= 4 is 32.9 Å². The Bertz CT molecular complexity index is 1180. The first-order valence-corrected chi connectivity index (χ1v) is 14.2. The van der Waals surface area contributed by atoms with Gasteiger partial charge < -0.3 is 4.57 Å². The maximum absolute atomic E-state index is 2.94. The zero-order valence-electron chi connectivity index (χ0n) is 22.3. The molecule has 0 saturated carbocycles. The minimum absolute atomic E-state index is 1.12. The van der Waals surface area contributed by atoms with Gasteiger partial charge in [0.2, 0.25) is 0 Å². The van der Waals surface area contributed by atoms with Gasteiger partial charge in [0, 0.05) is 11.9 Å². The molecule has 1 heterocycles. The number of rotatable bonds is 1. The van der Waals surface area contributed by atoms with Crippen LogP contribution in [0, 0.1) is 0 Å². The highest BCUT2D eigenvalue weighted by atomic mass is 79.9. The van der Waals surface area contributed by atoms with Gasteiger partial charge in [-0.3, -0.25) is 0 Å². The molecular formula is C34H40BrN. The number of nitrogens with zero attached hydrogens (tertiary/aromatic N) is 1. The van der Waals surface area contributed by atoms with Crippen molar-refractivity contribution in [1.82, 2.24) is 4.57 Å². The Morgan fingerprint density at radius 3 is 1.67 bits per heavy atom. The first-order valence-electron chi connectivity index (χ1n) is 12.7. The lowest BCUT2D eigenvalue weighted by atomic mass is 10.1. The summed E-state index contributed by atoms with van der Waals surface area (Å²) >= 11 is 2.94. The predicted octanol–water partition coefficient (Wildman–Crippen LogP) is 10.6. The summed E-state index contributed by atoms with van der Waals surface area (Å²) in [4.78, 5) is 0. The van der Waals surface area contributed by atoms with Crippen LogP contribution in [0.1, 0.15) is 38.8 Å². The highest BCUT2D eigenvalue weighted by molar-refractivity contribution is 9.08. The lowest BCUT2D eigenvalue weighted by molar-refractivity contribution is 1.13. The molecule has 0 N–H and O–H groups in total. The zero-order valence-corrected chi connectivity index (χ0v) is 23.9. The molecule has 1 nitrogen and oxygen atoms in total. The van der Waals surface area contributed by atoms with Gasteiger partial charge in [0.25, 0.3) is 0 Å². The number of benzene rings is 4. The number of fused-ring (bicyclic) bond motifs is 2.